The second-order valence-electron chi connectivity index (χ2n) is 16.9. The molecule has 57 heavy (non-hydrogen) atoms. The SMILES string of the molecule is CC1(C)CCC(C)(C)c2cc3c(cc21)c1ccccc1n3-c1cccc(-c2nc(-c3ccc4ccccc4c3)nc(-c3cnc4c(ccc5cccnc54)c3)n2)c1. The minimum absolute atomic E-state index is 0.0872. The molecule has 10 aromatic rings. The molecule has 274 valence electrons. The predicted molar refractivity (Wildman–Crippen MR) is 234 cm³/mol. The fourth-order valence-corrected chi connectivity index (χ4v) is 9.04. The number of hydrogen-bond acceptors (Lipinski definition) is 5. The van der Waals surface area contributed by atoms with Gasteiger partial charge in [-0.05, 0) is 94.1 Å². The van der Waals surface area contributed by atoms with Crippen LogP contribution in [0.2, 0.25) is 0 Å². The average molecular weight is 737 g/mol. The molecule has 11 rings (SSSR count). The van der Waals surface area contributed by atoms with Gasteiger partial charge < -0.3 is 4.57 Å². The van der Waals surface area contributed by atoms with Crippen molar-refractivity contribution in [2.24, 2.45) is 0 Å². The average Bonchev–Trinajstić information content (AvgIpc) is 3.58. The number of fused-ring (bicyclic) bond motifs is 8. The molecule has 1 aliphatic carbocycles. The maximum atomic E-state index is 5.19. The van der Waals surface area contributed by atoms with Crippen LogP contribution in [-0.2, 0) is 10.8 Å². The first kappa shape index (κ1) is 33.5. The molecule has 6 aromatic carbocycles. The summed E-state index contributed by atoms with van der Waals surface area (Å²) in [5.74, 6) is 1.78. The van der Waals surface area contributed by atoms with E-state index < -0.39 is 0 Å². The zero-order valence-corrected chi connectivity index (χ0v) is 32.5. The Morgan fingerprint density at radius 1 is 0.456 bits per heavy atom. The zero-order valence-electron chi connectivity index (χ0n) is 32.5. The van der Waals surface area contributed by atoms with E-state index in [0.29, 0.717) is 17.5 Å². The topological polar surface area (TPSA) is 69.4 Å². The molecule has 6 heteroatoms. The standard InChI is InChI=1S/C51H40N6/c1-50(2)22-23-51(3,4)42-29-44-40(28-41(42)50)39-16-7-8-17-43(39)57(44)38-15-9-13-35(27-38)47-54-48(36-21-18-31-11-5-6-12-33(31)25-36)56-49(55-47)37-26-34-20-19-32-14-10-24-52-45(32)46(34)53-30-37/h5-21,24-30H,22-23H2,1-4H3. The monoisotopic (exact) mass is 736 g/mol. The molecular weight excluding hydrogens is 697 g/mol. The van der Waals surface area contributed by atoms with Crippen LogP contribution in [-0.4, -0.2) is 29.5 Å². The summed E-state index contributed by atoms with van der Waals surface area (Å²) < 4.78 is 2.42. The fourth-order valence-electron chi connectivity index (χ4n) is 9.04. The lowest BCUT2D eigenvalue weighted by Crippen LogP contribution is -2.33. The van der Waals surface area contributed by atoms with E-state index in [4.69, 9.17) is 19.9 Å². The van der Waals surface area contributed by atoms with Crippen LogP contribution in [0, 0.1) is 0 Å². The Morgan fingerprint density at radius 3 is 1.91 bits per heavy atom. The van der Waals surface area contributed by atoms with Crippen LogP contribution < -0.4 is 0 Å². The van der Waals surface area contributed by atoms with E-state index >= 15 is 0 Å². The largest absolute Gasteiger partial charge is 0.309 e. The first-order valence-electron chi connectivity index (χ1n) is 19.8. The molecule has 0 N–H and O–H groups in total. The van der Waals surface area contributed by atoms with E-state index in [1.807, 2.05) is 18.5 Å². The Bertz CT molecular complexity index is 3260. The van der Waals surface area contributed by atoms with Crippen LogP contribution in [0.3, 0.4) is 0 Å². The van der Waals surface area contributed by atoms with Gasteiger partial charge in [-0.15, -0.1) is 0 Å². The van der Waals surface area contributed by atoms with Crippen LogP contribution in [0.25, 0.3) is 94.2 Å². The molecule has 1 aliphatic rings. The van der Waals surface area contributed by atoms with E-state index in [2.05, 4.69) is 165 Å². The van der Waals surface area contributed by atoms with E-state index in [-0.39, 0.29) is 10.8 Å². The summed E-state index contributed by atoms with van der Waals surface area (Å²) in [5, 5.41) is 6.88. The molecule has 0 amide bonds. The molecule has 0 atom stereocenters. The molecule has 0 saturated carbocycles. The van der Waals surface area contributed by atoms with Gasteiger partial charge in [0.15, 0.2) is 17.5 Å². The normalized spacial score (nSPS) is 14.8. The maximum Gasteiger partial charge on any atom is 0.165 e. The number of hydrogen-bond donors (Lipinski definition) is 0. The quantitative estimate of drug-likeness (QED) is 0.168. The molecule has 4 heterocycles. The summed E-state index contributed by atoms with van der Waals surface area (Å²) in [7, 11) is 0. The molecule has 0 bridgehead atoms. The summed E-state index contributed by atoms with van der Waals surface area (Å²) in [6.45, 7) is 9.60. The molecule has 0 radical (unpaired) electrons. The summed E-state index contributed by atoms with van der Waals surface area (Å²) >= 11 is 0. The Morgan fingerprint density at radius 2 is 1.09 bits per heavy atom. The molecule has 0 saturated heterocycles. The Balaban J connectivity index is 1.11. The van der Waals surface area contributed by atoms with Gasteiger partial charge in [-0.25, -0.2) is 15.0 Å². The molecule has 0 spiro atoms. The van der Waals surface area contributed by atoms with Crippen molar-refractivity contribution in [2.75, 3.05) is 0 Å². The first-order chi connectivity index (χ1) is 27.7. The summed E-state index contributed by atoms with van der Waals surface area (Å²) in [5.41, 5.74) is 11.0. The Kier molecular flexibility index (Phi) is 7.27. The predicted octanol–water partition coefficient (Wildman–Crippen LogP) is 12.6. The third-order valence-corrected chi connectivity index (χ3v) is 12.3. The van der Waals surface area contributed by atoms with Crippen LogP contribution in [0.4, 0.5) is 0 Å². The number of nitrogens with zero attached hydrogens (tertiary/aromatic N) is 6. The number of para-hydroxylation sites is 1. The van der Waals surface area contributed by atoms with Crippen LogP contribution in [0.1, 0.15) is 51.7 Å². The fraction of sp³-hybridized carbons (Fsp3) is 0.157. The summed E-state index contributed by atoms with van der Waals surface area (Å²) in [6, 6.07) is 47.5. The highest BCUT2D eigenvalue weighted by molar-refractivity contribution is 6.10. The number of aromatic nitrogens is 6. The van der Waals surface area contributed by atoms with Gasteiger partial charge in [0, 0.05) is 56.3 Å². The van der Waals surface area contributed by atoms with Crippen LogP contribution in [0.5, 0.6) is 0 Å². The highest BCUT2D eigenvalue weighted by atomic mass is 15.0. The van der Waals surface area contributed by atoms with Crippen molar-refractivity contribution < 1.29 is 0 Å². The number of pyridine rings is 2. The lowest BCUT2D eigenvalue weighted by molar-refractivity contribution is 0.332. The van der Waals surface area contributed by atoms with Gasteiger partial charge in [0.25, 0.3) is 0 Å². The molecule has 4 aromatic heterocycles. The van der Waals surface area contributed by atoms with Gasteiger partial charge in [-0.1, -0.05) is 113 Å². The van der Waals surface area contributed by atoms with Crippen LogP contribution >= 0.6 is 0 Å². The highest BCUT2D eigenvalue weighted by Crippen LogP contribution is 2.48. The first-order valence-corrected chi connectivity index (χ1v) is 19.8. The van der Waals surface area contributed by atoms with Gasteiger partial charge >= 0.3 is 0 Å². The summed E-state index contributed by atoms with van der Waals surface area (Å²) in [4.78, 5) is 25.0. The molecule has 0 aliphatic heterocycles. The van der Waals surface area contributed by atoms with E-state index in [1.165, 1.54) is 44.7 Å². The Labute approximate surface area is 330 Å². The third-order valence-electron chi connectivity index (χ3n) is 12.3. The van der Waals surface area contributed by atoms with Crippen molar-refractivity contribution in [1.29, 1.82) is 0 Å². The summed E-state index contributed by atoms with van der Waals surface area (Å²) in [6.07, 6.45) is 6.01. The van der Waals surface area contributed by atoms with Gasteiger partial charge in [0.2, 0.25) is 0 Å². The number of rotatable bonds is 4. The van der Waals surface area contributed by atoms with Gasteiger partial charge in [0.05, 0.1) is 22.1 Å². The van der Waals surface area contributed by atoms with Crippen LogP contribution in [0.15, 0.2) is 146 Å². The zero-order chi connectivity index (χ0) is 38.5. The second kappa shape index (κ2) is 12.4. The Hall–Kier alpha value is -6.79. The molecule has 0 unspecified atom stereocenters. The van der Waals surface area contributed by atoms with Crippen molar-refractivity contribution in [3.8, 4) is 39.9 Å². The highest BCUT2D eigenvalue weighted by Gasteiger charge is 2.38. The lowest BCUT2D eigenvalue weighted by atomic mass is 9.63. The molecule has 6 nitrogen and oxygen atoms in total. The molecule has 0 fully saturated rings. The third kappa shape index (κ3) is 5.42. The van der Waals surface area contributed by atoms with E-state index in [1.54, 1.807) is 0 Å². The van der Waals surface area contributed by atoms with Gasteiger partial charge in [-0.2, -0.15) is 0 Å². The van der Waals surface area contributed by atoms with E-state index in [9.17, 15) is 0 Å². The maximum absolute atomic E-state index is 5.19. The van der Waals surface area contributed by atoms with Gasteiger partial charge in [0.1, 0.15) is 0 Å². The van der Waals surface area contributed by atoms with Crippen molar-refractivity contribution >= 4 is 54.4 Å². The minimum Gasteiger partial charge on any atom is -0.309 e. The van der Waals surface area contributed by atoms with Crippen molar-refractivity contribution in [3.63, 3.8) is 0 Å². The van der Waals surface area contributed by atoms with Crippen molar-refractivity contribution in [3.05, 3.63) is 157 Å². The lowest BCUT2D eigenvalue weighted by Gasteiger charge is -2.42. The minimum atomic E-state index is 0.0872. The van der Waals surface area contributed by atoms with Gasteiger partial charge in [-0.3, -0.25) is 9.97 Å². The van der Waals surface area contributed by atoms with Crippen molar-refractivity contribution in [2.45, 2.75) is 51.4 Å². The van der Waals surface area contributed by atoms with Crippen molar-refractivity contribution in [1.82, 2.24) is 29.5 Å². The molecular formula is C51H40N6. The van der Waals surface area contributed by atoms with E-state index in [0.717, 1.165) is 56.0 Å². The smallest absolute Gasteiger partial charge is 0.165 e. The number of benzene rings is 6. The second-order valence-corrected chi connectivity index (χ2v) is 16.9.